The van der Waals surface area contributed by atoms with Crippen molar-refractivity contribution in [1.29, 1.82) is 0 Å². The maximum atomic E-state index is 11.9. The number of nitrogens with zero attached hydrogens (tertiary/aromatic N) is 1. The molecule has 0 unspecified atom stereocenters. The average Bonchev–Trinajstić information content (AvgIpc) is 3.07. The van der Waals surface area contributed by atoms with Crippen LogP contribution in [0.15, 0.2) is 66.2 Å². The third-order valence-electron chi connectivity index (χ3n) is 3.16. The molecule has 1 amide bonds. The Morgan fingerprint density at radius 2 is 2.09 bits per heavy atom. The Bertz CT molecular complexity index is 758. The summed E-state index contributed by atoms with van der Waals surface area (Å²) in [5.74, 6) is 1.27. The van der Waals surface area contributed by atoms with E-state index in [9.17, 15) is 4.79 Å². The summed E-state index contributed by atoms with van der Waals surface area (Å²) in [6.45, 7) is 0.476. The minimum absolute atomic E-state index is 0.0171. The van der Waals surface area contributed by atoms with Gasteiger partial charge in [-0.2, -0.15) is 0 Å². The van der Waals surface area contributed by atoms with Gasteiger partial charge in [0, 0.05) is 23.7 Å². The van der Waals surface area contributed by atoms with E-state index in [-0.39, 0.29) is 5.91 Å². The van der Waals surface area contributed by atoms with E-state index in [1.165, 1.54) is 0 Å². The molecule has 2 aromatic heterocycles. The second kappa shape index (κ2) is 7.56. The van der Waals surface area contributed by atoms with Crippen molar-refractivity contribution in [3.05, 3.63) is 76.6 Å². The number of carbonyl (C=O) groups is 1. The summed E-state index contributed by atoms with van der Waals surface area (Å²) >= 11 is 1.59. The van der Waals surface area contributed by atoms with Gasteiger partial charge in [0.25, 0.3) is 0 Å². The van der Waals surface area contributed by atoms with E-state index in [1.54, 1.807) is 23.6 Å². The van der Waals surface area contributed by atoms with Crippen molar-refractivity contribution in [2.24, 2.45) is 0 Å². The molecule has 2 heterocycles. The van der Waals surface area contributed by atoms with Crippen LogP contribution in [-0.4, -0.2) is 10.9 Å². The third kappa shape index (κ3) is 4.66. The van der Waals surface area contributed by atoms with Crippen LogP contribution in [0.3, 0.4) is 0 Å². The molecule has 116 valence electrons. The molecular weight excluding hydrogens is 308 g/mol. The Labute approximate surface area is 138 Å². The SMILES string of the molecule is O=C(Cc1cccs1)NCc1cccc(Oc2ccccn2)c1. The van der Waals surface area contributed by atoms with Gasteiger partial charge in [0.05, 0.1) is 6.42 Å². The van der Waals surface area contributed by atoms with Gasteiger partial charge in [-0.3, -0.25) is 4.79 Å². The number of hydrogen-bond donors (Lipinski definition) is 1. The first-order valence-electron chi connectivity index (χ1n) is 7.26. The fraction of sp³-hybridized carbons (Fsp3) is 0.111. The van der Waals surface area contributed by atoms with E-state index in [0.717, 1.165) is 10.4 Å². The second-order valence-electron chi connectivity index (χ2n) is 4.95. The fourth-order valence-electron chi connectivity index (χ4n) is 2.08. The molecule has 4 nitrogen and oxygen atoms in total. The highest BCUT2D eigenvalue weighted by Gasteiger charge is 2.05. The Kier molecular flexibility index (Phi) is 5.01. The number of ether oxygens (including phenoxy) is 1. The zero-order chi connectivity index (χ0) is 15.9. The molecule has 0 aliphatic rings. The first-order valence-corrected chi connectivity index (χ1v) is 8.14. The van der Waals surface area contributed by atoms with Gasteiger partial charge in [0.1, 0.15) is 5.75 Å². The van der Waals surface area contributed by atoms with Crippen LogP contribution in [0, 0.1) is 0 Å². The minimum atomic E-state index is 0.0171. The first-order chi connectivity index (χ1) is 11.3. The van der Waals surface area contributed by atoms with Gasteiger partial charge in [-0.1, -0.05) is 24.3 Å². The molecule has 0 spiro atoms. The lowest BCUT2D eigenvalue weighted by atomic mass is 10.2. The van der Waals surface area contributed by atoms with Crippen molar-refractivity contribution in [2.75, 3.05) is 0 Å². The van der Waals surface area contributed by atoms with Crippen molar-refractivity contribution >= 4 is 17.2 Å². The molecule has 3 rings (SSSR count). The van der Waals surface area contributed by atoms with Gasteiger partial charge in [-0.05, 0) is 35.2 Å². The molecule has 0 bridgehead atoms. The highest BCUT2D eigenvalue weighted by atomic mass is 32.1. The quantitative estimate of drug-likeness (QED) is 0.750. The molecule has 0 radical (unpaired) electrons. The van der Waals surface area contributed by atoms with Crippen LogP contribution in [0.5, 0.6) is 11.6 Å². The lowest BCUT2D eigenvalue weighted by molar-refractivity contribution is -0.120. The first kappa shape index (κ1) is 15.2. The second-order valence-corrected chi connectivity index (χ2v) is 5.98. The molecule has 0 fully saturated rings. The van der Waals surface area contributed by atoms with E-state index >= 15 is 0 Å². The minimum Gasteiger partial charge on any atom is -0.439 e. The largest absolute Gasteiger partial charge is 0.439 e. The Morgan fingerprint density at radius 3 is 2.87 bits per heavy atom. The number of rotatable bonds is 6. The highest BCUT2D eigenvalue weighted by Crippen LogP contribution is 2.20. The summed E-state index contributed by atoms with van der Waals surface area (Å²) in [6.07, 6.45) is 2.10. The lowest BCUT2D eigenvalue weighted by Crippen LogP contribution is -2.24. The standard InChI is InChI=1S/C18H16N2O2S/c21-17(12-16-7-4-10-23-16)20-13-14-5-3-6-15(11-14)22-18-8-1-2-9-19-18/h1-11H,12-13H2,(H,20,21). The zero-order valence-corrected chi connectivity index (χ0v) is 13.3. The molecule has 3 aromatic rings. The number of amides is 1. The zero-order valence-electron chi connectivity index (χ0n) is 12.4. The molecule has 0 saturated heterocycles. The summed E-state index contributed by atoms with van der Waals surface area (Å²) < 4.78 is 5.69. The normalized spacial score (nSPS) is 10.3. The van der Waals surface area contributed by atoms with Gasteiger partial charge >= 0.3 is 0 Å². The molecule has 0 saturated carbocycles. The summed E-state index contributed by atoms with van der Waals surface area (Å²) in [7, 11) is 0. The number of thiophene rings is 1. The Morgan fingerprint density at radius 1 is 1.13 bits per heavy atom. The van der Waals surface area contributed by atoms with Gasteiger partial charge < -0.3 is 10.1 Å². The number of aromatic nitrogens is 1. The maximum Gasteiger partial charge on any atom is 0.225 e. The summed E-state index contributed by atoms with van der Waals surface area (Å²) in [5.41, 5.74) is 0.984. The van der Waals surface area contributed by atoms with Gasteiger partial charge in [-0.15, -0.1) is 11.3 Å². The molecule has 0 aliphatic carbocycles. The molecule has 1 N–H and O–H groups in total. The van der Waals surface area contributed by atoms with Crippen LogP contribution in [0.2, 0.25) is 0 Å². The monoisotopic (exact) mass is 324 g/mol. The van der Waals surface area contributed by atoms with Gasteiger partial charge in [0.15, 0.2) is 0 Å². The summed E-state index contributed by atoms with van der Waals surface area (Å²) in [5, 5.41) is 4.90. The van der Waals surface area contributed by atoms with Crippen LogP contribution in [0.4, 0.5) is 0 Å². The smallest absolute Gasteiger partial charge is 0.225 e. The topological polar surface area (TPSA) is 51.2 Å². The number of carbonyl (C=O) groups excluding carboxylic acids is 1. The number of hydrogen-bond acceptors (Lipinski definition) is 4. The van der Waals surface area contributed by atoms with E-state index in [4.69, 9.17) is 4.74 Å². The number of benzene rings is 1. The Hall–Kier alpha value is -2.66. The molecular formula is C18H16N2O2S. The van der Waals surface area contributed by atoms with Crippen LogP contribution in [-0.2, 0) is 17.8 Å². The van der Waals surface area contributed by atoms with Crippen molar-refractivity contribution in [3.8, 4) is 11.6 Å². The van der Waals surface area contributed by atoms with Crippen molar-refractivity contribution in [3.63, 3.8) is 0 Å². The van der Waals surface area contributed by atoms with E-state index in [0.29, 0.717) is 24.6 Å². The predicted molar refractivity (Wildman–Crippen MR) is 90.6 cm³/mol. The molecule has 0 aliphatic heterocycles. The van der Waals surface area contributed by atoms with Crippen molar-refractivity contribution in [2.45, 2.75) is 13.0 Å². The fourth-order valence-corrected chi connectivity index (χ4v) is 2.79. The molecule has 1 aromatic carbocycles. The molecule has 23 heavy (non-hydrogen) atoms. The maximum absolute atomic E-state index is 11.9. The van der Waals surface area contributed by atoms with E-state index in [2.05, 4.69) is 10.3 Å². The van der Waals surface area contributed by atoms with Crippen LogP contribution in [0.25, 0.3) is 0 Å². The molecule has 5 heteroatoms. The van der Waals surface area contributed by atoms with E-state index < -0.39 is 0 Å². The predicted octanol–water partition coefficient (Wildman–Crippen LogP) is 3.79. The summed E-state index contributed by atoms with van der Waals surface area (Å²) in [6, 6.07) is 17.1. The number of pyridine rings is 1. The van der Waals surface area contributed by atoms with Gasteiger partial charge in [-0.25, -0.2) is 4.98 Å². The average molecular weight is 324 g/mol. The van der Waals surface area contributed by atoms with Crippen molar-refractivity contribution < 1.29 is 9.53 Å². The van der Waals surface area contributed by atoms with Crippen LogP contribution >= 0.6 is 11.3 Å². The van der Waals surface area contributed by atoms with Crippen LogP contribution in [0.1, 0.15) is 10.4 Å². The van der Waals surface area contributed by atoms with Crippen molar-refractivity contribution in [1.82, 2.24) is 10.3 Å². The van der Waals surface area contributed by atoms with Crippen LogP contribution < -0.4 is 10.1 Å². The highest BCUT2D eigenvalue weighted by molar-refractivity contribution is 7.10. The summed E-state index contributed by atoms with van der Waals surface area (Å²) in [4.78, 5) is 17.1. The third-order valence-corrected chi connectivity index (χ3v) is 4.04. The number of nitrogens with one attached hydrogen (secondary N) is 1. The van der Waals surface area contributed by atoms with E-state index in [1.807, 2.05) is 53.9 Å². The molecule has 0 atom stereocenters. The van der Waals surface area contributed by atoms with Gasteiger partial charge in [0.2, 0.25) is 11.8 Å². The Balaban J connectivity index is 1.56. The lowest BCUT2D eigenvalue weighted by Gasteiger charge is -2.08.